The average molecular weight is 422 g/mol. The van der Waals surface area contributed by atoms with Crippen LogP contribution in [0.15, 0.2) is 48.8 Å². The Hall–Kier alpha value is -2.86. The van der Waals surface area contributed by atoms with Gasteiger partial charge in [0.15, 0.2) is 0 Å². The Kier molecular flexibility index (Phi) is 6.33. The quantitative estimate of drug-likeness (QED) is 0.526. The van der Waals surface area contributed by atoms with Crippen LogP contribution in [0.1, 0.15) is 46.6 Å². The molecule has 0 unspecified atom stereocenters. The molecule has 30 heavy (non-hydrogen) atoms. The molecule has 0 aliphatic heterocycles. The van der Waals surface area contributed by atoms with Crippen molar-refractivity contribution in [2.24, 2.45) is 5.92 Å². The summed E-state index contributed by atoms with van der Waals surface area (Å²) in [5.74, 6) is 1.40. The molecule has 4 rings (SSSR count). The van der Waals surface area contributed by atoms with Crippen LogP contribution in [0.2, 0.25) is 0 Å². The minimum absolute atomic E-state index is 0.0556. The van der Waals surface area contributed by atoms with E-state index in [0.717, 1.165) is 46.8 Å². The molecule has 1 aliphatic carbocycles. The molecular formula is C24H27N3O2S. The van der Waals surface area contributed by atoms with E-state index in [1.807, 2.05) is 49.5 Å². The van der Waals surface area contributed by atoms with Crippen molar-refractivity contribution in [1.82, 2.24) is 4.98 Å². The number of rotatable bonds is 7. The van der Waals surface area contributed by atoms with Gasteiger partial charge in [-0.2, -0.15) is 0 Å². The molecule has 1 amide bonds. The van der Waals surface area contributed by atoms with Crippen LogP contribution < -0.4 is 15.4 Å². The van der Waals surface area contributed by atoms with Crippen molar-refractivity contribution in [3.8, 4) is 5.75 Å². The molecule has 0 saturated heterocycles. The maximum Gasteiger partial charge on any atom is 0.258 e. The Morgan fingerprint density at radius 2 is 2.10 bits per heavy atom. The predicted octanol–water partition coefficient (Wildman–Crippen LogP) is 5.53. The SMILES string of the molecule is CCOc1ccc(NC(=O)c2c(NCc3cccnc3)sc3c2CC[C@@H](C)C3)cc1. The summed E-state index contributed by atoms with van der Waals surface area (Å²) in [6, 6.07) is 11.5. The number of anilines is 2. The third-order valence-corrected chi connectivity index (χ3v) is 6.55. The van der Waals surface area contributed by atoms with Crippen LogP contribution in [-0.4, -0.2) is 17.5 Å². The largest absolute Gasteiger partial charge is 0.494 e. The Morgan fingerprint density at radius 3 is 2.83 bits per heavy atom. The summed E-state index contributed by atoms with van der Waals surface area (Å²) < 4.78 is 5.49. The van der Waals surface area contributed by atoms with Gasteiger partial charge in [0, 0.05) is 29.5 Å². The van der Waals surface area contributed by atoms with Crippen molar-refractivity contribution >= 4 is 27.9 Å². The highest BCUT2D eigenvalue weighted by molar-refractivity contribution is 7.16. The van der Waals surface area contributed by atoms with Gasteiger partial charge in [0.05, 0.1) is 12.2 Å². The molecule has 2 heterocycles. The number of nitrogens with zero attached hydrogens (tertiary/aromatic N) is 1. The van der Waals surface area contributed by atoms with E-state index in [2.05, 4.69) is 22.5 Å². The fourth-order valence-electron chi connectivity index (χ4n) is 3.80. The maximum atomic E-state index is 13.3. The zero-order valence-electron chi connectivity index (χ0n) is 17.4. The number of nitrogens with one attached hydrogen (secondary N) is 2. The molecule has 1 aliphatic rings. The zero-order chi connectivity index (χ0) is 20.9. The van der Waals surface area contributed by atoms with E-state index in [-0.39, 0.29) is 5.91 Å². The number of hydrogen-bond donors (Lipinski definition) is 2. The van der Waals surface area contributed by atoms with Crippen molar-refractivity contribution in [2.75, 3.05) is 17.2 Å². The van der Waals surface area contributed by atoms with E-state index in [1.54, 1.807) is 17.5 Å². The van der Waals surface area contributed by atoms with E-state index in [9.17, 15) is 4.79 Å². The summed E-state index contributed by atoms with van der Waals surface area (Å²) in [7, 11) is 0. The van der Waals surface area contributed by atoms with Crippen LogP contribution in [0.3, 0.4) is 0 Å². The smallest absolute Gasteiger partial charge is 0.258 e. The standard InChI is InChI=1S/C24H27N3O2S/c1-3-29-19-9-7-18(8-10-19)27-23(28)22-20-11-6-16(2)13-21(20)30-24(22)26-15-17-5-4-12-25-14-17/h4-5,7-10,12,14,16,26H,3,6,11,13,15H2,1-2H3,(H,27,28)/t16-/m1/s1. The molecule has 1 atom stereocenters. The first kappa shape index (κ1) is 20.4. The van der Waals surface area contributed by atoms with Crippen LogP contribution in [0.4, 0.5) is 10.7 Å². The van der Waals surface area contributed by atoms with E-state index in [4.69, 9.17) is 4.74 Å². The molecule has 0 fully saturated rings. The third-order valence-electron chi connectivity index (χ3n) is 5.34. The van der Waals surface area contributed by atoms with Gasteiger partial charge >= 0.3 is 0 Å². The number of hydrogen-bond acceptors (Lipinski definition) is 5. The van der Waals surface area contributed by atoms with Gasteiger partial charge in [0.2, 0.25) is 0 Å². The number of carbonyl (C=O) groups excluding carboxylic acids is 1. The van der Waals surface area contributed by atoms with Crippen LogP contribution in [0.5, 0.6) is 5.75 Å². The molecular weight excluding hydrogens is 394 g/mol. The number of amides is 1. The number of thiophene rings is 1. The molecule has 3 aromatic rings. The molecule has 1 aromatic carbocycles. The number of pyridine rings is 1. The molecule has 6 heteroatoms. The highest BCUT2D eigenvalue weighted by Crippen LogP contribution is 2.40. The van der Waals surface area contributed by atoms with Gasteiger partial charge in [-0.1, -0.05) is 13.0 Å². The lowest BCUT2D eigenvalue weighted by Crippen LogP contribution is -2.17. The molecule has 0 bridgehead atoms. The zero-order valence-corrected chi connectivity index (χ0v) is 18.2. The van der Waals surface area contributed by atoms with Gasteiger partial charge in [-0.25, -0.2) is 0 Å². The minimum atomic E-state index is -0.0556. The van der Waals surface area contributed by atoms with Gasteiger partial charge < -0.3 is 15.4 Å². The Bertz CT molecular complexity index is 999. The lowest BCUT2D eigenvalue weighted by molar-refractivity contribution is 0.102. The molecule has 2 aromatic heterocycles. The van der Waals surface area contributed by atoms with Crippen molar-refractivity contribution in [2.45, 2.75) is 39.7 Å². The van der Waals surface area contributed by atoms with Crippen LogP contribution in [0.25, 0.3) is 0 Å². The third kappa shape index (κ3) is 4.65. The first-order valence-electron chi connectivity index (χ1n) is 10.5. The van der Waals surface area contributed by atoms with E-state index in [1.165, 1.54) is 10.4 Å². The van der Waals surface area contributed by atoms with Crippen LogP contribution in [-0.2, 0) is 19.4 Å². The summed E-state index contributed by atoms with van der Waals surface area (Å²) >= 11 is 1.72. The second kappa shape index (κ2) is 9.30. The number of aromatic nitrogens is 1. The first-order chi connectivity index (χ1) is 14.6. The summed E-state index contributed by atoms with van der Waals surface area (Å²) in [6.07, 6.45) is 6.73. The van der Waals surface area contributed by atoms with Gasteiger partial charge in [0.25, 0.3) is 5.91 Å². The molecule has 0 saturated carbocycles. The maximum absolute atomic E-state index is 13.3. The van der Waals surface area contributed by atoms with E-state index >= 15 is 0 Å². The van der Waals surface area contributed by atoms with Crippen molar-refractivity contribution < 1.29 is 9.53 Å². The van der Waals surface area contributed by atoms with Crippen LogP contribution in [0, 0.1) is 5.92 Å². The monoisotopic (exact) mass is 421 g/mol. The topological polar surface area (TPSA) is 63.2 Å². The number of benzene rings is 1. The highest BCUT2D eigenvalue weighted by Gasteiger charge is 2.27. The van der Waals surface area contributed by atoms with Crippen molar-refractivity contribution in [3.05, 3.63) is 70.4 Å². The lowest BCUT2D eigenvalue weighted by Gasteiger charge is -2.18. The Morgan fingerprint density at radius 1 is 1.27 bits per heavy atom. The first-order valence-corrected chi connectivity index (χ1v) is 11.3. The van der Waals surface area contributed by atoms with Gasteiger partial charge in [-0.05, 0) is 73.6 Å². The summed E-state index contributed by atoms with van der Waals surface area (Å²) in [5.41, 5.74) is 3.86. The second-order valence-electron chi connectivity index (χ2n) is 7.68. The fourth-order valence-corrected chi connectivity index (χ4v) is 5.20. The molecule has 5 nitrogen and oxygen atoms in total. The lowest BCUT2D eigenvalue weighted by atomic mass is 9.88. The van der Waals surface area contributed by atoms with Gasteiger partial charge in [-0.15, -0.1) is 11.3 Å². The number of fused-ring (bicyclic) bond motifs is 1. The van der Waals surface area contributed by atoms with Gasteiger partial charge in [0.1, 0.15) is 10.8 Å². The van der Waals surface area contributed by atoms with Crippen molar-refractivity contribution in [3.63, 3.8) is 0 Å². The molecule has 0 spiro atoms. The molecule has 156 valence electrons. The Balaban J connectivity index is 1.57. The summed E-state index contributed by atoms with van der Waals surface area (Å²) in [5, 5.41) is 7.51. The highest BCUT2D eigenvalue weighted by atomic mass is 32.1. The second-order valence-corrected chi connectivity index (χ2v) is 8.79. The Labute approximate surface area is 181 Å². The fraction of sp³-hybridized carbons (Fsp3) is 0.333. The number of ether oxygens (including phenoxy) is 1. The van der Waals surface area contributed by atoms with E-state index < -0.39 is 0 Å². The minimum Gasteiger partial charge on any atom is -0.494 e. The van der Waals surface area contributed by atoms with E-state index in [0.29, 0.717) is 19.1 Å². The summed E-state index contributed by atoms with van der Waals surface area (Å²) in [4.78, 5) is 18.8. The molecule has 0 radical (unpaired) electrons. The van der Waals surface area contributed by atoms with Crippen LogP contribution >= 0.6 is 11.3 Å². The number of carbonyl (C=O) groups is 1. The average Bonchev–Trinajstić information content (AvgIpc) is 3.12. The molecule has 2 N–H and O–H groups in total. The van der Waals surface area contributed by atoms with Gasteiger partial charge in [-0.3, -0.25) is 9.78 Å². The normalized spacial score (nSPS) is 15.3. The van der Waals surface area contributed by atoms with Crippen molar-refractivity contribution in [1.29, 1.82) is 0 Å². The summed E-state index contributed by atoms with van der Waals surface area (Å²) in [6.45, 7) is 5.50. The predicted molar refractivity (Wildman–Crippen MR) is 123 cm³/mol.